The lowest BCUT2D eigenvalue weighted by Crippen LogP contribution is -2.41. The summed E-state index contributed by atoms with van der Waals surface area (Å²) in [6.07, 6.45) is 2.18. The van der Waals surface area contributed by atoms with Crippen LogP contribution in [0.1, 0.15) is 33.1 Å². The fourth-order valence-electron chi connectivity index (χ4n) is 3.20. The number of carbonyl (C=O) groups excluding carboxylic acids is 1. The standard InChI is InChI=1S/C14H24N2O3/c1-10(2)14(13(18)19)4-6-16(9-14)12(17)7-11-3-5-15-8-11/h10-11,15H,3-9H2,1-2H3,(H,18,19). The minimum atomic E-state index is -0.764. The van der Waals surface area contributed by atoms with E-state index < -0.39 is 11.4 Å². The molecule has 2 fully saturated rings. The van der Waals surface area contributed by atoms with Gasteiger partial charge in [0.2, 0.25) is 5.91 Å². The van der Waals surface area contributed by atoms with Gasteiger partial charge in [0, 0.05) is 19.5 Å². The first-order valence-corrected chi connectivity index (χ1v) is 7.17. The molecule has 0 spiro atoms. The Hall–Kier alpha value is -1.10. The van der Waals surface area contributed by atoms with E-state index in [1.807, 2.05) is 13.8 Å². The molecule has 2 heterocycles. The van der Waals surface area contributed by atoms with Crippen molar-refractivity contribution in [2.75, 3.05) is 26.2 Å². The molecule has 19 heavy (non-hydrogen) atoms. The number of amides is 1. The fraction of sp³-hybridized carbons (Fsp3) is 0.857. The SMILES string of the molecule is CC(C)C1(C(=O)O)CCN(C(=O)CC2CCNC2)C1. The van der Waals surface area contributed by atoms with Gasteiger partial charge in [-0.2, -0.15) is 0 Å². The van der Waals surface area contributed by atoms with Crippen molar-refractivity contribution < 1.29 is 14.7 Å². The van der Waals surface area contributed by atoms with Gasteiger partial charge in [-0.15, -0.1) is 0 Å². The lowest BCUT2D eigenvalue weighted by atomic mass is 9.76. The van der Waals surface area contributed by atoms with Crippen LogP contribution in [0.3, 0.4) is 0 Å². The molecule has 5 heteroatoms. The highest BCUT2D eigenvalue weighted by molar-refractivity contribution is 5.81. The van der Waals surface area contributed by atoms with Gasteiger partial charge in [-0.3, -0.25) is 9.59 Å². The molecule has 2 atom stereocenters. The molecule has 0 aromatic heterocycles. The van der Waals surface area contributed by atoms with Gasteiger partial charge >= 0.3 is 5.97 Å². The molecule has 2 N–H and O–H groups in total. The van der Waals surface area contributed by atoms with Gasteiger partial charge in [-0.1, -0.05) is 13.8 Å². The molecule has 0 saturated carbocycles. The van der Waals surface area contributed by atoms with Crippen LogP contribution < -0.4 is 5.32 Å². The lowest BCUT2D eigenvalue weighted by molar-refractivity contribution is -0.151. The Balaban J connectivity index is 1.96. The third-order valence-electron chi connectivity index (χ3n) is 4.81. The molecule has 1 amide bonds. The van der Waals surface area contributed by atoms with Crippen LogP contribution in [0.25, 0.3) is 0 Å². The average molecular weight is 268 g/mol. The fourth-order valence-corrected chi connectivity index (χ4v) is 3.20. The van der Waals surface area contributed by atoms with Crippen LogP contribution in [0, 0.1) is 17.3 Å². The number of carboxylic acid groups (broad SMARTS) is 1. The monoisotopic (exact) mass is 268 g/mol. The first-order valence-electron chi connectivity index (χ1n) is 7.17. The van der Waals surface area contributed by atoms with E-state index in [2.05, 4.69) is 5.32 Å². The van der Waals surface area contributed by atoms with Crippen LogP contribution in [-0.4, -0.2) is 48.1 Å². The quantitative estimate of drug-likeness (QED) is 0.796. The highest BCUT2D eigenvalue weighted by atomic mass is 16.4. The van der Waals surface area contributed by atoms with Crippen molar-refractivity contribution in [3.63, 3.8) is 0 Å². The molecular formula is C14H24N2O3. The number of likely N-dealkylation sites (tertiary alicyclic amines) is 1. The Morgan fingerprint density at radius 3 is 2.68 bits per heavy atom. The van der Waals surface area contributed by atoms with Gasteiger partial charge < -0.3 is 15.3 Å². The summed E-state index contributed by atoms with van der Waals surface area (Å²) < 4.78 is 0. The van der Waals surface area contributed by atoms with E-state index in [0.29, 0.717) is 31.8 Å². The molecule has 2 unspecified atom stereocenters. The van der Waals surface area contributed by atoms with Crippen molar-refractivity contribution >= 4 is 11.9 Å². The zero-order valence-electron chi connectivity index (χ0n) is 11.8. The van der Waals surface area contributed by atoms with Gasteiger partial charge in [0.1, 0.15) is 0 Å². The molecule has 0 aromatic rings. The van der Waals surface area contributed by atoms with Gasteiger partial charge in [0.25, 0.3) is 0 Å². The lowest BCUT2D eigenvalue weighted by Gasteiger charge is -2.28. The van der Waals surface area contributed by atoms with E-state index in [0.717, 1.165) is 19.5 Å². The molecule has 2 aliphatic rings. The van der Waals surface area contributed by atoms with Gasteiger partial charge in [0.15, 0.2) is 0 Å². The maximum Gasteiger partial charge on any atom is 0.311 e. The summed E-state index contributed by atoms with van der Waals surface area (Å²) in [7, 11) is 0. The second-order valence-corrected chi connectivity index (χ2v) is 6.24. The van der Waals surface area contributed by atoms with Gasteiger partial charge in [-0.05, 0) is 37.8 Å². The van der Waals surface area contributed by atoms with Crippen LogP contribution >= 0.6 is 0 Å². The minimum Gasteiger partial charge on any atom is -0.481 e. The number of hydrogen-bond acceptors (Lipinski definition) is 3. The third kappa shape index (κ3) is 2.76. The van der Waals surface area contributed by atoms with E-state index >= 15 is 0 Å². The maximum atomic E-state index is 12.2. The summed E-state index contributed by atoms with van der Waals surface area (Å²) in [4.78, 5) is 25.5. The van der Waals surface area contributed by atoms with E-state index in [1.165, 1.54) is 0 Å². The molecule has 2 aliphatic heterocycles. The number of hydrogen-bond donors (Lipinski definition) is 2. The largest absolute Gasteiger partial charge is 0.481 e. The molecule has 0 aliphatic carbocycles. The zero-order valence-corrected chi connectivity index (χ0v) is 11.8. The van der Waals surface area contributed by atoms with E-state index in [9.17, 15) is 14.7 Å². The Kier molecular flexibility index (Phi) is 4.13. The van der Waals surface area contributed by atoms with E-state index in [-0.39, 0.29) is 11.8 Å². The van der Waals surface area contributed by atoms with Crippen molar-refractivity contribution in [2.24, 2.45) is 17.3 Å². The number of nitrogens with one attached hydrogen (secondary N) is 1. The molecular weight excluding hydrogens is 244 g/mol. The van der Waals surface area contributed by atoms with E-state index in [4.69, 9.17) is 0 Å². The molecule has 2 saturated heterocycles. The van der Waals surface area contributed by atoms with Crippen LogP contribution in [-0.2, 0) is 9.59 Å². The predicted octanol–water partition coefficient (Wildman–Crippen LogP) is 0.945. The first kappa shape index (κ1) is 14.3. The summed E-state index contributed by atoms with van der Waals surface area (Å²) in [5.41, 5.74) is -0.746. The van der Waals surface area contributed by atoms with Gasteiger partial charge in [-0.25, -0.2) is 0 Å². The molecule has 0 aromatic carbocycles. The first-order chi connectivity index (χ1) is 8.95. The summed E-state index contributed by atoms with van der Waals surface area (Å²) in [6.45, 7) is 6.73. The summed E-state index contributed by atoms with van der Waals surface area (Å²) in [6, 6.07) is 0. The maximum absolute atomic E-state index is 12.2. The minimum absolute atomic E-state index is 0.0518. The van der Waals surface area contributed by atoms with Crippen LogP contribution in [0.2, 0.25) is 0 Å². The zero-order chi connectivity index (χ0) is 14.0. The Labute approximate surface area is 114 Å². The van der Waals surface area contributed by atoms with Crippen molar-refractivity contribution in [3.8, 4) is 0 Å². The number of aliphatic carboxylic acids is 1. The Bertz CT molecular complexity index is 364. The summed E-state index contributed by atoms with van der Waals surface area (Å²) in [5, 5.41) is 12.7. The number of rotatable bonds is 4. The van der Waals surface area contributed by atoms with Crippen molar-refractivity contribution in [2.45, 2.75) is 33.1 Å². The number of carboxylic acids is 1. The summed E-state index contributed by atoms with van der Waals surface area (Å²) in [5.74, 6) is -0.167. The van der Waals surface area contributed by atoms with Crippen LogP contribution in [0.15, 0.2) is 0 Å². The highest BCUT2D eigenvalue weighted by Crippen LogP contribution is 2.38. The Morgan fingerprint density at radius 2 is 2.21 bits per heavy atom. The Morgan fingerprint density at radius 1 is 1.47 bits per heavy atom. The van der Waals surface area contributed by atoms with Crippen LogP contribution in [0.5, 0.6) is 0 Å². The van der Waals surface area contributed by atoms with Crippen molar-refractivity contribution in [1.82, 2.24) is 10.2 Å². The molecule has 0 radical (unpaired) electrons. The predicted molar refractivity (Wildman–Crippen MR) is 71.7 cm³/mol. The number of nitrogens with zero attached hydrogens (tertiary/aromatic N) is 1. The van der Waals surface area contributed by atoms with Gasteiger partial charge in [0.05, 0.1) is 5.41 Å². The second kappa shape index (κ2) is 5.49. The normalized spacial score (nSPS) is 31.1. The van der Waals surface area contributed by atoms with Crippen LogP contribution in [0.4, 0.5) is 0 Å². The highest BCUT2D eigenvalue weighted by Gasteiger charge is 2.48. The smallest absolute Gasteiger partial charge is 0.311 e. The molecule has 0 bridgehead atoms. The molecule has 5 nitrogen and oxygen atoms in total. The molecule has 2 rings (SSSR count). The number of carbonyl (C=O) groups is 2. The summed E-state index contributed by atoms with van der Waals surface area (Å²) >= 11 is 0. The van der Waals surface area contributed by atoms with E-state index in [1.54, 1.807) is 4.90 Å². The molecule has 108 valence electrons. The van der Waals surface area contributed by atoms with Crippen molar-refractivity contribution in [3.05, 3.63) is 0 Å². The average Bonchev–Trinajstić information content (AvgIpc) is 2.97. The van der Waals surface area contributed by atoms with Crippen molar-refractivity contribution in [1.29, 1.82) is 0 Å². The topological polar surface area (TPSA) is 69.6 Å². The third-order valence-corrected chi connectivity index (χ3v) is 4.81. The second-order valence-electron chi connectivity index (χ2n) is 6.24.